The third-order valence-electron chi connectivity index (χ3n) is 6.84. The maximum Gasteiger partial charge on any atom is 0.161 e. The van der Waals surface area contributed by atoms with E-state index < -0.39 is 0 Å². The van der Waals surface area contributed by atoms with Gasteiger partial charge in [0, 0.05) is 30.6 Å². The largest absolute Gasteiger partial charge is 0.493 e. The zero-order valence-corrected chi connectivity index (χ0v) is 18.9. The van der Waals surface area contributed by atoms with Crippen LogP contribution in [0.4, 0.5) is 0 Å². The van der Waals surface area contributed by atoms with Gasteiger partial charge in [0.15, 0.2) is 11.5 Å². The van der Waals surface area contributed by atoms with Crippen LogP contribution in [-0.4, -0.2) is 57.5 Å². The molecule has 1 aromatic rings. The van der Waals surface area contributed by atoms with Crippen LogP contribution in [0.1, 0.15) is 62.5 Å². The maximum absolute atomic E-state index is 10.1. The Morgan fingerprint density at radius 2 is 2.03 bits per heavy atom. The molecule has 168 valence electrons. The fourth-order valence-corrected chi connectivity index (χ4v) is 5.26. The first-order valence-corrected chi connectivity index (χ1v) is 11.8. The predicted molar refractivity (Wildman–Crippen MR) is 121 cm³/mol. The first-order valence-electron chi connectivity index (χ1n) is 11.8. The van der Waals surface area contributed by atoms with Crippen LogP contribution in [0, 0.1) is 11.3 Å². The van der Waals surface area contributed by atoms with Gasteiger partial charge in [0.05, 0.1) is 44.3 Å². The Bertz CT molecular complexity index is 839. The molecule has 0 bridgehead atoms. The highest BCUT2D eigenvalue weighted by Gasteiger charge is 2.35. The Balaban J connectivity index is 1.65. The molecule has 31 heavy (non-hydrogen) atoms. The number of rotatable bonds is 7. The SMILES string of the molecule is CCOc1cc2c(cc1OC)C(=C(C#N)CCCN1CCOCC1)NC1CCCCC21. The van der Waals surface area contributed by atoms with Crippen molar-refractivity contribution >= 4 is 5.70 Å². The second-order valence-electron chi connectivity index (χ2n) is 8.69. The lowest BCUT2D eigenvalue weighted by Gasteiger charge is -2.40. The highest BCUT2D eigenvalue weighted by atomic mass is 16.5. The molecule has 2 aliphatic heterocycles. The Kier molecular flexibility index (Phi) is 7.37. The normalized spacial score (nSPS) is 24.9. The standard InChI is InChI=1S/C25H35N3O3/c1-3-31-24-15-20-19-8-4-5-9-22(19)27-25(21(20)16-23(24)29-2)18(17-26)7-6-10-28-11-13-30-14-12-28/h15-16,19,22,27H,3-14H2,1-2H3. The topological polar surface area (TPSA) is 66.8 Å². The fourth-order valence-electron chi connectivity index (χ4n) is 5.26. The Morgan fingerprint density at radius 1 is 1.23 bits per heavy atom. The molecular weight excluding hydrogens is 390 g/mol. The summed E-state index contributed by atoms with van der Waals surface area (Å²) in [4.78, 5) is 2.43. The summed E-state index contributed by atoms with van der Waals surface area (Å²) in [6.45, 7) is 7.21. The van der Waals surface area contributed by atoms with Crippen LogP contribution in [-0.2, 0) is 4.74 Å². The van der Waals surface area contributed by atoms with E-state index in [1.54, 1.807) is 7.11 Å². The molecule has 3 aliphatic rings. The van der Waals surface area contributed by atoms with E-state index in [1.165, 1.54) is 24.8 Å². The minimum absolute atomic E-state index is 0.390. The molecule has 0 spiro atoms. The molecule has 0 amide bonds. The second kappa shape index (κ2) is 10.4. The lowest BCUT2D eigenvalue weighted by Crippen LogP contribution is -2.41. The summed E-state index contributed by atoms with van der Waals surface area (Å²) in [6, 6.07) is 7.16. The summed E-state index contributed by atoms with van der Waals surface area (Å²) in [5.74, 6) is 2.01. The van der Waals surface area contributed by atoms with E-state index in [0.29, 0.717) is 18.6 Å². The van der Waals surface area contributed by atoms with E-state index in [1.807, 2.05) is 6.92 Å². The van der Waals surface area contributed by atoms with Crippen LogP contribution < -0.4 is 14.8 Å². The number of fused-ring (bicyclic) bond motifs is 3. The fraction of sp³-hybridized carbons (Fsp3) is 0.640. The average Bonchev–Trinajstić information content (AvgIpc) is 2.82. The minimum Gasteiger partial charge on any atom is -0.493 e. The van der Waals surface area contributed by atoms with E-state index in [0.717, 1.165) is 80.4 Å². The predicted octanol–water partition coefficient (Wildman–Crippen LogP) is 4.07. The summed E-state index contributed by atoms with van der Waals surface area (Å²) in [5.41, 5.74) is 4.28. The summed E-state index contributed by atoms with van der Waals surface area (Å²) in [6.07, 6.45) is 6.57. The van der Waals surface area contributed by atoms with Crippen LogP contribution >= 0.6 is 0 Å². The van der Waals surface area contributed by atoms with Gasteiger partial charge < -0.3 is 19.5 Å². The smallest absolute Gasteiger partial charge is 0.161 e. The van der Waals surface area contributed by atoms with Crippen LogP contribution in [0.3, 0.4) is 0 Å². The van der Waals surface area contributed by atoms with Gasteiger partial charge in [-0.2, -0.15) is 5.26 Å². The van der Waals surface area contributed by atoms with E-state index >= 15 is 0 Å². The van der Waals surface area contributed by atoms with Gasteiger partial charge in [0.25, 0.3) is 0 Å². The number of hydrogen-bond acceptors (Lipinski definition) is 6. The number of allylic oxidation sites excluding steroid dienone is 1. The average molecular weight is 426 g/mol. The quantitative estimate of drug-likeness (QED) is 0.665. The van der Waals surface area contributed by atoms with Gasteiger partial charge in [-0.05, 0) is 56.8 Å². The molecule has 1 saturated heterocycles. The molecule has 2 heterocycles. The molecule has 1 aromatic carbocycles. The molecule has 1 aliphatic carbocycles. The molecule has 0 aromatic heterocycles. The minimum atomic E-state index is 0.390. The third kappa shape index (κ3) is 4.83. The molecular formula is C25H35N3O3. The zero-order valence-electron chi connectivity index (χ0n) is 18.9. The molecule has 2 atom stereocenters. The third-order valence-corrected chi connectivity index (χ3v) is 6.84. The number of morpholine rings is 1. The second-order valence-corrected chi connectivity index (χ2v) is 8.69. The maximum atomic E-state index is 10.1. The van der Waals surface area contributed by atoms with Crippen molar-refractivity contribution in [3.8, 4) is 17.6 Å². The lowest BCUT2D eigenvalue weighted by molar-refractivity contribution is 0.0375. The van der Waals surface area contributed by atoms with E-state index in [-0.39, 0.29) is 0 Å². The number of hydrogen-bond donors (Lipinski definition) is 1. The van der Waals surface area contributed by atoms with E-state index in [4.69, 9.17) is 14.2 Å². The van der Waals surface area contributed by atoms with Crippen molar-refractivity contribution in [1.82, 2.24) is 10.2 Å². The van der Waals surface area contributed by atoms with Gasteiger partial charge in [0.2, 0.25) is 0 Å². The molecule has 1 saturated carbocycles. The van der Waals surface area contributed by atoms with Crippen LogP contribution in [0.2, 0.25) is 0 Å². The van der Waals surface area contributed by atoms with Gasteiger partial charge in [-0.1, -0.05) is 12.8 Å². The molecule has 2 unspecified atom stereocenters. The highest BCUT2D eigenvalue weighted by molar-refractivity contribution is 5.77. The molecule has 6 heteroatoms. The summed E-state index contributed by atoms with van der Waals surface area (Å²) in [7, 11) is 1.68. The Morgan fingerprint density at radius 3 is 2.77 bits per heavy atom. The number of benzene rings is 1. The first kappa shape index (κ1) is 22.0. The molecule has 6 nitrogen and oxygen atoms in total. The van der Waals surface area contributed by atoms with Crippen molar-refractivity contribution in [2.75, 3.05) is 46.6 Å². The molecule has 1 N–H and O–H groups in total. The Hall–Kier alpha value is -2.23. The summed E-state index contributed by atoms with van der Waals surface area (Å²) < 4.78 is 17.0. The molecule has 0 radical (unpaired) electrons. The van der Waals surface area contributed by atoms with Crippen molar-refractivity contribution in [3.63, 3.8) is 0 Å². The van der Waals surface area contributed by atoms with Gasteiger partial charge in [-0.15, -0.1) is 0 Å². The van der Waals surface area contributed by atoms with Gasteiger partial charge in [-0.3, -0.25) is 4.90 Å². The van der Waals surface area contributed by atoms with Crippen LogP contribution in [0.25, 0.3) is 5.70 Å². The van der Waals surface area contributed by atoms with Crippen molar-refractivity contribution in [2.45, 2.75) is 57.4 Å². The van der Waals surface area contributed by atoms with Crippen molar-refractivity contribution in [2.24, 2.45) is 0 Å². The first-order chi connectivity index (χ1) is 15.2. The number of ether oxygens (including phenoxy) is 3. The molecule has 2 fully saturated rings. The number of methoxy groups -OCH3 is 1. The molecule has 4 rings (SSSR count). The van der Waals surface area contributed by atoms with Crippen LogP contribution in [0.15, 0.2) is 17.7 Å². The number of nitrogens with zero attached hydrogens (tertiary/aromatic N) is 2. The Labute approximate surface area is 186 Å². The lowest BCUT2D eigenvalue weighted by atomic mass is 9.74. The van der Waals surface area contributed by atoms with E-state index in [9.17, 15) is 5.26 Å². The van der Waals surface area contributed by atoms with Gasteiger partial charge in [0.1, 0.15) is 0 Å². The van der Waals surface area contributed by atoms with Gasteiger partial charge >= 0.3 is 0 Å². The number of nitriles is 1. The van der Waals surface area contributed by atoms with Crippen molar-refractivity contribution in [1.29, 1.82) is 5.26 Å². The zero-order chi connectivity index (χ0) is 21.6. The monoisotopic (exact) mass is 425 g/mol. The highest BCUT2D eigenvalue weighted by Crippen LogP contribution is 2.46. The van der Waals surface area contributed by atoms with E-state index in [2.05, 4.69) is 28.4 Å². The van der Waals surface area contributed by atoms with Crippen molar-refractivity contribution < 1.29 is 14.2 Å². The summed E-state index contributed by atoms with van der Waals surface area (Å²) in [5, 5.41) is 13.8. The van der Waals surface area contributed by atoms with Crippen molar-refractivity contribution in [3.05, 3.63) is 28.8 Å². The summed E-state index contributed by atoms with van der Waals surface area (Å²) >= 11 is 0. The number of nitrogens with one attached hydrogen (secondary N) is 1. The van der Waals surface area contributed by atoms with Crippen LogP contribution in [0.5, 0.6) is 11.5 Å². The van der Waals surface area contributed by atoms with Gasteiger partial charge in [-0.25, -0.2) is 0 Å².